The molecule has 44 heavy (non-hydrogen) atoms. The Bertz CT molecular complexity index is 2010. The lowest BCUT2D eigenvalue weighted by Crippen LogP contribution is -2.44. The van der Waals surface area contributed by atoms with Crippen molar-refractivity contribution in [1.82, 2.24) is 28.9 Å². The fourth-order valence-corrected chi connectivity index (χ4v) is 6.76. The smallest absolute Gasteiger partial charge is 0.295 e. The van der Waals surface area contributed by atoms with E-state index in [0.29, 0.717) is 22.1 Å². The summed E-state index contributed by atoms with van der Waals surface area (Å²) >= 11 is 0. The molecule has 12 nitrogen and oxygen atoms in total. The van der Waals surface area contributed by atoms with E-state index in [4.69, 9.17) is 0 Å². The lowest BCUT2D eigenvalue weighted by Gasteiger charge is -2.22. The normalized spacial score (nSPS) is 19.4. The van der Waals surface area contributed by atoms with E-state index < -0.39 is 23.9 Å². The first kappa shape index (κ1) is 29.3. The van der Waals surface area contributed by atoms with Crippen molar-refractivity contribution >= 4 is 45.7 Å². The molecule has 2 fully saturated rings. The van der Waals surface area contributed by atoms with Gasteiger partial charge in [-0.2, -0.15) is 0 Å². The second-order valence-electron chi connectivity index (χ2n) is 12.5. The third kappa shape index (κ3) is 4.59. The second-order valence-corrected chi connectivity index (χ2v) is 12.5. The van der Waals surface area contributed by atoms with Crippen molar-refractivity contribution in [2.75, 3.05) is 0 Å². The summed E-state index contributed by atoms with van der Waals surface area (Å²) in [6.07, 6.45) is 0.700. The Morgan fingerprint density at radius 3 is 1.84 bits per heavy atom. The predicted molar refractivity (Wildman–Crippen MR) is 163 cm³/mol. The van der Waals surface area contributed by atoms with Gasteiger partial charge in [0.25, 0.3) is 0 Å². The topological polar surface area (TPSA) is 146 Å². The summed E-state index contributed by atoms with van der Waals surface area (Å²) in [5.41, 5.74) is 4.41. The number of aromatic nitrogens is 4. The molecule has 12 heteroatoms. The van der Waals surface area contributed by atoms with E-state index in [1.807, 2.05) is 58.0 Å². The molecule has 2 N–H and O–H groups in total. The van der Waals surface area contributed by atoms with E-state index in [0.717, 1.165) is 16.7 Å². The maximum absolute atomic E-state index is 14.2. The minimum absolute atomic E-state index is 0.00780. The van der Waals surface area contributed by atoms with Gasteiger partial charge in [-0.25, -0.2) is 9.59 Å². The van der Waals surface area contributed by atoms with Crippen molar-refractivity contribution < 1.29 is 19.2 Å². The van der Waals surface area contributed by atoms with Gasteiger partial charge in [0, 0.05) is 19.9 Å². The number of rotatable bonds is 6. The monoisotopic (exact) mass is 600 g/mol. The van der Waals surface area contributed by atoms with Crippen LogP contribution in [-0.4, -0.2) is 41.9 Å². The summed E-state index contributed by atoms with van der Waals surface area (Å²) in [7, 11) is 1.67. The number of hydrogen-bond acceptors (Lipinski definition) is 6. The molecular weight excluding hydrogens is 564 g/mol. The van der Waals surface area contributed by atoms with Gasteiger partial charge in [-0.05, 0) is 53.5 Å². The SMILES string of the molecule is CC(C)c1cc(Cn2c(=O)n([C@@H]3CCC(=O)NC3=O)c3cccc(C(C)C)c32)cc2c1n(C)c(=O)n2[C@H]1CCC(=O)NC1=O. The van der Waals surface area contributed by atoms with Gasteiger partial charge in [0.2, 0.25) is 23.6 Å². The molecule has 0 radical (unpaired) electrons. The number of amides is 4. The number of nitrogens with zero attached hydrogens (tertiary/aromatic N) is 4. The summed E-state index contributed by atoms with van der Waals surface area (Å²) in [5, 5.41) is 4.73. The van der Waals surface area contributed by atoms with Crippen LogP contribution in [0.1, 0.15) is 94.0 Å². The van der Waals surface area contributed by atoms with Crippen LogP contribution in [0.2, 0.25) is 0 Å². The van der Waals surface area contributed by atoms with E-state index in [1.54, 1.807) is 11.6 Å². The van der Waals surface area contributed by atoms with Gasteiger partial charge in [-0.1, -0.05) is 45.9 Å². The van der Waals surface area contributed by atoms with Gasteiger partial charge >= 0.3 is 11.4 Å². The Balaban J connectivity index is 1.58. The quantitative estimate of drug-likeness (QED) is 0.326. The molecular formula is C32H36N6O6. The molecule has 2 aromatic heterocycles. The van der Waals surface area contributed by atoms with Gasteiger partial charge in [-0.3, -0.25) is 48.1 Å². The Morgan fingerprint density at radius 2 is 1.30 bits per heavy atom. The van der Waals surface area contributed by atoms with E-state index in [-0.39, 0.29) is 67.3 Å². The molecule has 2 aromatic carbocycles. The van der Waals surface area contributed by atoms with Crippen LogP contribution in [0.4, 0.5) is 0 Å². The summed E-state index contributed by atoms with van der Waals surface area (Å²) in [4.78, 5) is 77.4. The van der Waals surface area contributed by atoms with E-state index in [1.165, 1.54) is 13.7 Å². The van der Waals surface area contributed by atoms with Crippen LogP contribution in [0.25, 0.3) is 22.1 Å². The maximum atomic E-state index is 14.2. The fourth-order valence-electron chi connectivity index (χ4n) is 6.76. The second kappa shape index (κ2) is 10.8. The maximum Gasteiger partial charge on any atom is 0.330 e. The van der Waals surface area contributed by atoms with E-state index >= 15 is 0 Å². The van der Waals surface area contributed by atoms with E-state index in [9.17, 15) is 28.8 Å². The van der Waals surface area contributed by atoms with Gasteiger partial charge in [0.1, 0.15) is 12.1 Å². The average Bonchev–Trinajstić information content (AvgIpc) is 3.37. The number of aryl methyl sites for hydroxylation is 1. The molecule has 230 valence electrons. The molecule has 2 aliphatic heterocycles. The van der Waals surface area contributed by atoms with Gasteiger partial charge < -0.3 is 0 Å². The van der Waals surface area contributed by atoms with Crippen LogP contribution in [-0.2, 0) is 32.8 Å². The first-order valence-electron chi connectivity index (χ1n) is 15.0. The summed E-state index contributed by atoms with van der Waals surface area (Å²) in [6, 6.07) is 7.82. The minimum Gasteiger partial charge on any atom is -0.295 e. The average molecular weight is 601 g/mol. The van der Waals surface area contributed by atoms with Gasteiger partial charge in [-0.15, -0.1) is 0 Å². The summed E-state index contributed by atoms with van der Waals surface area (Å²) < 4.78 is 6.15. The van der Waals surface area contributed by atoms with Crippen LogP contribution in [0.3, 0.4) is 0 Å². The molecule has 4 aromatic rings. The lowest BCUT2D eigenvalue weighted by atomic mass is 9.97. The molecule has 2 aliphatic rings. The number of hydrogen-bond donors (Lipinski definition) is 2. The van der Waals surface area contributed by atoms with Crippen LogP contribution in [0.5, 0.6) is 0 Å². The minimum atomic E-state index is -0.844. The number of para-hydroxylation sites is 1. The highest BCUT2D eigenvalue weighted by molar-refractivity contribution is 6.01. The Morgan fingerprint density at radius 1 is 0.727 bits per heavy atom. The molecule has 6 rings (SSSR count). The van der Waals surface area contributed by atoms with Crippen LogP contribution in [0, 0.1) is 0 Å². The van der Waals surface area contributed by atoms with E-state index in [2.05, 4.69) is 10.6 Å². The molecule has 0 saturated carbocycles. The van der Waals surface area contributed by atoms with Crippen LogP contribution >= 0.6 is 0 Å². The first-order chi connectivity index (χ1) is 20.9. The number of benzene rings is 2. The third-order valence-electron chi connectivity index (χ3n) is 8.91. The highest BCUT2D eigenvalue weighted by atomic mass is 16.2. The van der Waals surface area contributed by atoms with Crippen molar-refractivity contribution in [2.45, 2.75) is 83.8 Å². The first-order valence-corrected chi connectivity index (χ1v) is 15.0. The number of imide groups is 2. The Hall–Kier alpha value is -4.74. The summed E-state index contributed by atoms with van der Waals surface area (Å²) in [5.74, 6) is -1.66. The number of imidazole rings is 2. The number of piperidine rings is 2. The lowest BCUT2D eigenvalue weighted by molar-refractivity contribution is -0.137. The van der Waals surface area contributed by atoms with Crippen LogP contribution < -0.4 is 22.0 Å². The molecule has 2 atom stereocenters. The molecule has 0 bridgehead atoms. The number of fused-ring (bicyclic) bond motifs is 2. The number of carbonyl (C=O) groups is 4. The van der Waals surface area contributed by atoms with Gasteiger partial charge in [0.15, 0.2) is 0 Å². The van der Waals surface area contributed by atoms with Crippen molar-refractivity contribution in [3.05, 3.63) is 68.0 Å². The van der Waals surface area contributed by atoms with Crippen molar-refractivity contribution in [1.29, 1.82) is 0 Å². The van der Waals surface area contributed by atoms with Gasteiger partial charge in [0.05, 0.1) is 28.6 Å². The Kier molecular flexibility index (Phi) is 7.17. The van der Waals surface area contributed by atoms with Crippen molar-refractivity contribution in [3.8, 4) is 0 Å². The zero-order valence-electron chi connectivity index (χ0n) is 25.5. The Labute approximate surface area is 252 Å². The molecule has 2 saturated heterocycles. The summed E-state index contributed by atoms with van der Waals surface area (Å²) in [6.45, 7) is 8.26. The highest BCUT2D eigenvalue weighted by Crippen LogP contribution is 2.33. The molecule has 4 heterocycles. The zero-order chi connectivity index (χ0) is 31.6. The largest absolute Gasteiger partial charge is 0.330 e. The van der Waals surface area contributed by atoms with Crippen molar-refractivity contribution in [2.24, 2.45) is 7.05 Å². The van der Waals surface area contributed by atoms with Crippen LogP contribution in [0.15, 0.2) is 39.9 Å². The molecule has 4 amide bonds. The van der Waals surface area contributed by atoms with Crippen molar-refractivity contribution in [3.63, 3.8) is 0 Å². The molecule has 0 spiro atoms. The fraction of sp³-hybridized carbons (Fsp3) is 0.438. The zero-order valence-corrected chi connectivity index (χ0v) is 25.5. The predicted octanol–water partition coefficient (Wildman–Crippen LogP) is 2.71. The number of nitrogens with one attached hydrogen (secondary N) is 2. The molecule has 0 aliphatic carbocycles. The molecule has 0 unspecified atom stereocenters. The highest BCUT2D eigenvalue weighted by Gasteiger charge is 2.34. The number of carbonyl (C=O) groups excluding carboxylic acids is 4. The third-order valence-corrected chi connectivity index (χ3v) is 8.91. The standard InChI is InChI=1S/C32H36N6O6/c1-16(2)19-7-6-8-21-28(19)36(32(44)37(21)22-9-11-25(39)33-29(22)41)15-18-13-20(17(3)4)27-24(14-18)38(31(43)35(27)5)23-10-12-26(40)34-30(23)42/h6-8,13-14,16-17,22-23H,9-12,15H2,1-5H3,(H,33,39,41)(H,34,40,42)/t22-,23+/m1/s1.